The average molecular weight is 263 g/mol. The van der Waals surface area contributed by atoms with Crippen LogP contribution in [0.5, 0.6) is 5.75 Å². The smallest absolute Gasteiger partial charge is 0.343 e. The molecule has 0 bridgehead atoms. The van der Waals surface area contributed by atoms with E-state index in [-0.39, 0.29) is 5.97 Å². The molecule has 0 unspecified atom stereocenters. The Labute approximate surface area is 117 Å². The number of hydrogen-bond acceptors (Lipinski definition) is 2. The Morgan fingerprint density at radius 3 is 2.10 bits per heavy atom. The Kier molecular flexibility index (Phi) is 3.33. The maximum atomic E-state index is 11.9. The van der Waals surface area contributed by atoms with Crippen LogP contribution in [0.25, 0.3) is 5.69 Å². The van der Waals surface area contributed by atoms with Gasteiger partial charge in [0.15, 0.2) is 0 Å². The van der Waals surface area contributed by atoms with Gasteiger partial charge in [0.05, 0.1) is 5.56 Å². The third-order valence-electron chi connectivity index (χ3n) is 2.96. The molecule has 2 aromatic carbocycles. The molecule has 0 atom stereocenters. The van der Waals surface area contributed by atoms with Crippen molar-refractivity contribution in [3.05, 3.63) is 84.7 Å². The van der Waals surface area contributed by atoms with E-state index in [1.807, 2.05) is 59.4 Å². The summed E-state index contributed by atoms with van der Waals surface area (Å²) in [6.07, 6.45) is 3.93. The van der Waals surface area contributed by atoms with E-state index < -0.39 is 0 Å². The van der Waals surface area contributed by atoms with E-state index in [1.54, 1.807) is 24.3 Å². The fraction of sp³-hybridized carbons (Fsp3) is 0. The summed E-state index contributed by atoms with van der Waals surface area (Å²) in [5, 5.41) is 0. The number of nitrogens with zero attached hydrogens (tertiary/aromatic N) is 1. The van der Waals surface area contributed by atoms with Crippen molar-refractivity contribution in [3.63, 3.8) is 0 Å². The zero-order chi connectivity index (χ0) is 13.8. The molecule has 1 aromatic heterocycles. The molecule has 0 aliphatic rings. The van der Waals surface area contributed by atoms with Crippen molar-refractivity contribution in [2.75, 3.05) is 0 Å². The lowest BCUT2D eigenvalue weighted by Gasteiger charge is -2.06. The topological polar surface area (TPSA) is 31.2 Å². The Morgan fingerprint density at radius 1 is 0.800 bits per heavy atom. The highest BCUT2D eigenvalue weighted by molar-refractivity contribution is 5.90. The molecule has 0 aliphatic heterocycles. The van der Waals surface area contributed by atoms with E-state index in [9.17, 15) is 4.79 Å². The fourth-order valence-corrected chi connectivity index (χ4v) is 1.93. The predicted molar refractivity (Wildman–Crippen MR) is 77.2 cm³/mol. The summed E-state index contributed by atoms with van der Waals surface area (Å²) in [6, 6.07) is 20.3. The molecule has 3 nitrogen and oxygen atoms in total. The highest BCUT2D eigenvalue weighted by atomic mass is 16.5. The Bertz CT molecular complexity index is 686. The zero-order valence-corrected chi connectivity index (χ0v) is 10.8. The molecule has 0 N–H and O–H groups in total. The number of rotatable bonds is 3. The van der Waals surface area contributed by atoms with Gasteiger partial charge in [0.1, 0.15) is 5.75 Å². The van der Waals surface area contributed by atoms with Gasteiger partial charge in [0, 0.05) is 18.1 Å². The largest absolute Gasteiger partial charge is 0.423 e. The summed E-state index contributed by atoms with van der Waals surface area (Å²) in [5.41, 5.74) is 1.57. The maximum absolute atomic E-state index is 11.9. The maximum Gasteiger partial charge on any atom is 0.343 e. The third kappa shape index (κ3) is 2.62. The van der Waals surface area contributed by atoms with E-state index in [4.69, 9.17) is 4.74 Å². The van der Waals surface area contributed by atoms with Gasteiger partial charge in [-0.15, -0.1) is 0 Å². The number of hydrogen-bond donors (Lipinski definition) is 0. The van der Waals surface area contributed by atoms with Gasteiger partial charge in [-0.25, -0.2) is 4.79 Å². The lowest BCUT2D eigenvalue weighted by Crippen LogP contribution is -2.08. The average Bonchev–Trinajstić information content (AvgIpc) is 3.03. The van der Waals surface area contributed by atoms with E-state index >= 15 is 0 Å². The summed E-state index contributed by atoms with van der Waals surface area (Å²) in [5.74, 6) is 0.189. The molecule has 0 spiro atoms. The van der Waals surface area contributed by atoms with Gasteiger partial charge in [-0.05, 0) is 48.5 Å². The Morgan fingerprint density at radius 2 is 1.45 bits per heavy atom. The van der Waals surface area contributed by atoms with E-state index in [2.05, 4.69) is 0 Å². The summed E-state index contributed by atoms with van der Waals surface area (Å²) in [6.45, 7) is 0. The molecule has 0 aliphatic carbocycles. The van der Waals surface area contributed by atoms with Crippen LogP contribution in [0, 0.1) is 0 Å². The van der Waals surface area contributed by atoms with Gasteiger partial charge in [-0.3, -0.25) is 0 Å². The molecule has 3 aromatic rings. The molecule has 0 saturated heterocycles. The second kappa shape index (κ2) is 5.45. The molecule has 0 fully saturated rings. The van der Waals surface area contributed by atoms with Crippen LogP contribution in [0.2, 0.25) is 0 Å². The second-order valence-corrected chi connectivity index (χ2v) is 4.34. The standard InChI is InChI=1S/C17H13NO2/c19-17(14-6-2-1-3-7-14)20-16-10-8-15(9-11-16)18-12-4-5-13-18/h1-13H. The van der Waals surface area contributed by atoms with Crippen LogP contribution in [0.1, 0.15) is 10.4 Å². The van der Waals surface area contributed by atoms with Crippen LogP contribution < -0.4 is 4.74 Å². The molecular formula is C17H13NO2. The van der Waals surface area contributed by atoms with Gasteiger partial charge in [0.25, 0.3) is 0 Å². The van der Waals surface area contributed by atoms with Gasteiger partial charge in [0.2, 0.25) is 0 Å². The molecule has 1 heterocycles. The minimum absolute atomic E-state index is 0.348. The van der Waals surface area contributed by atoms with Gasteiger partial charge >= 0.3 is 5.97 Å². The summed E-state index contributed by atoms with van der Waals surface area (Å²) < 4.78 is 7.31. The molecular weight excluding hydrogens is 250 g/mol. The first-order valence-electron chi connectivity index (χ1n) is 6.33. The first-order chi connectivity index (χ1) is 9.83. The molecule has 20 heavy (non-hydrogen) atoms. The fourth-order valence-electron chi connectivity index (χ4n) is 1.93. The van der Waals surface area contributed by atoms with Crippen molar-refractivity contribution in [2.24, 2.45) is 0 Å². The Balaban J connectivity index is 1.74. The molecule has 0 radical (unpaired) electrons. The monoisotopic (exact) mass is 263 g/mol. The predicted octanol–water partition coefficient (Wildman–Crippen LogP) is 3.70. The normalized spacial score (nSPS) is 10.2. The quantitative estimate of drug-likeness (QED) is 0.533. The Hall–Kier alpha value is -2.81. The molecule has 0 amide bonds. The first-order valence-corrected chi connectivity index (χ1v) is 6.33. The SMILES string of the molecule is O=C(Oc1ccc(-n2cccc2)cc1)c1ccccc1. The first kappa shape index (κ1) is 12.2. The van der Waals surface area contributed by atoms with E-state index in [1.165, 1.54) is 0 Å². The van der Waals surface area contributed by atoms with Crippen LogP contribution in [0.3, 0.4) is 0 Å². The highest BCUT2D eigenvalue weighted by Gasteiger charge is 2.07. The van der Waals surface area contributed by atoms with Crippen LogP contribution in [0.15, 0.2) is 79.1 Å². The van der Waals surface area contributed by atoms with Crippen LogP contribution in [0.4, 0.5) is 0 Å². The lowest BCUT2D eigenvalue weighted by molar-refractivity contribution is 0.0735. The van der Waals surface area contributed by atoms with Crippen LogP contribution in [-0.2, 0) is 0 Å². The lowest BCUT2D eigenvalue weighted by atomic mass is 10.2. The zero-order valence-electron chi connectivity index (χ0n) is 10.8. The molecule has 0 saturated carbocycles. The van der Waals surface area contributed by atoms with Crippen molar-refractivity contribution < 1.29 is 9.53 Å². The summed E-state index contributed by atoms with van der Waals surface area (Å²) in [4.78, 5) is 11.9. The van der Waals surface area contributed by atoms with Crippen molar-refractivity contribution in [1.29, 1.82) is 0 Å². The number of ether oxygens (including phenoxy) is 1. The van der Waals surface area contributed by atoms with E-state index in [0.717, 1.165) is 5.69 Å². The van der Waals surface area contributed by atoms with Crippen molar-refractivity contribution in [2.45, 2.75) is 0 Å². The highest BCUT2D eigenvalue weighted by Crippen LogP contribution is 2.16. The molecule has 98 valence electrons. The minimum atomic E-state index is -0.348. The number of carbonyl (C=O) groups excluding carboxylic acids is 1. The summed E-state index contributed by atoms with van der Waals surface area (Å²) in [7, 11) is 0. The van der Waals surface area contributed by atoms with Gasteiger partial charge < -0.3 is 9.30 Å². The van der Waals surface area contributed by atoms with Crippen molar-refractivity contribution in [3.8, 4) is 11.4 Å². The van der Waals surface area contributed by atoms with Crippen LogP contribution in [-0.4, -0.2) is 10.5 Å². The number of benzene rings is 2. The molecule has 3 rings (SSSR count). The second-order valence-electron chi connectivity index (χ2n) is 4.34. The van der Waals surface area contributed by atoms with Crippen molar-refractivity contribution >= 4 is 5.97 Å². The van der Waals surface area contributed by atoms with Gasteiger partial charge in [-0.1, -0.05) is 18.2 Å². The number of aromatic nitrogens is 1. The van der Waals surface area contributed by atoms with Crippen molar-refractivity contribution in [1.82, 2.24) is 4.57 Å². The minimum Gasteiger partial charge on any atom is -0.423 e. The van der Waals surface area contributed by atoms with Gasteiger partial charge in [-0.2, -0.15) is 0 Å². The van der Waals surface area contributed by atoms with Crippen LogP contribution >= 0.6 is 0 Å². The molecule has 3 heteroatoms. The number of esters is 1. The number of carbonyl (C=O) groups is 1. The summed E-state index contributed by atoms with van der Waals surface area (Å²) >= 11 is 0. The van der Waals surface area contributed by atoms with E-state index in [0.29, 0.717) is 11.3 Å². The third-order valence-corrected chi connectivity index (χ3v) is 2.96.